The van der Waals surface area contributed by atoms with Crippen molar-refractivity contribution in [1.29, 1.82) is 0 Å². The zero-order chi connectivity index (χ0) is 22.1. The Morgan fingerprint density at radius 1 is 1.03 bits per heavy atom. The fourth-order valence-corrected chi connectivity index (χ4v) is 6.13. The van der Waals surface area contributed by atoms with Crippen molar-refractivity contribution in [2.75, 3.05) is 0 Å². The van der Waals surface area contributed by atoms with Crippen LogP contribution in [0.4, 0.5) is 0 Å². The summed E-state index contributed by atoms with van der Waals surface area (Å²) in [7, 11) is 0. The highest BCUT2D eigenvalue weighted by Gasteiger charge is 2.29. The fourth-order valence-electron chi connectivity index (χ4n) is 6.13. The van der Waals surface area contributed by atoms with E-state index in [0.717, 1.165) is 24.2 Å². The first-order chi connectivity index (χ1) is 14.2. The molecule has 30 heavy (non-hydrogen) atoms. The van der Waals surface area contributed by atoms with E-state index in [-0.39, 0.29) is 5.41 Å². The molecular weight excluding hydrogens is 360 g/mol. The lowest BCUT2D eigenvalue weighted by atomic mass is 9.70. The molecule has 2 aliphatic carbocycles. The van der Waals surface area contributed by atoms with Crippen LogP contribution >= 0.6 is 0 Å². The molecule has 0 N–H and O–H groups in total. The van der Waals surface area contributed by atoms with Gasteiger partial charge in [-0.1, -0.05) is 115 Å². The van der Waals surface area contributed by atoms with Crippen LogP contribution in [0.15, 0.2) is 35.5 Å². The molecule has 0 heteroatoms. The first-order valence-corrected chi connectivity index (χ1v) is 13.3. The molecule has 0 aromatic carbocycles. The van der Waals surface area contributed by atoms with Gasteiger partial charge >= 0.3 is 0 Å². The summed E-state index contributed by atoms with van der Waals surface area (Å²) in [6.07, 6.45) is 22.9. The highest BCUT2D eigenvalue weighted by molar-refractivity contribution is 5.28. The van der Waals surface area contributed by atoms with E-state index in [9.17, 15) is 0 Å². The van der Waals surface area contributed by atoms with E-state index >= 15 is 0 Å². The largest absolute Gasteiger partial charge is 0.0996 e. The molecule has 3 atom stereocenters. The van der Waals surface area contributed by atoms with Crippen molar-refractivity contribution >= 4 is 0 Å². The summed E-state index contributed by atoms with van der Waals surface area (Å²) in [5, 5.41) is 0. The van der Waals surface area contributed by atoms with Crippen LogP contribution in [-0.2, 0) is 0 Å². The molecule has 0 aliphatic heterocycles. The number of hydrogen-bond acceptors (Lipinski definition) is 0. The molecule has 0 nitrogen and oxygen atoms in total. The molecule has 2 fully saturated rings. The average molecular weight is 413 g/mol. The molecule has 2 saturated carbocycles. The van der Waals surface area contributed by atoms with Gasteiger partial charge in [-0.2, -0.15) is 0 Å². The third-order valence-electron chi connectivity index (χ3n) is 8.20. The Morgan fingerprint density at radius 2 is 1.73 bits per heavy atom. The van der Waals surface area contributed by atoms with Crippen molar-refractivity contribution in [3.05, 3.63) is 35.5 Å². The van der Waals surface area contributed by atoms with Crippen molar-refractivity contribution in [3.8, 4) is 0 Å². The molecule has 172 valence electrons. The van der Waals surface area contributed by atoms with Crippen LogP contribution in [0.3, 0.4) is 0 Å². The zero-order valence-corrected chi connectivity index (χ0v) is 21.4. The Hall–Kier alpha value is -0.780. The van der Waals surface area contributed by atoms with Gasteiger partial charge in [-0.05, 0) is 74.5 Å². The monoisotopic (exact) mass is 412 g/mol. The molecule has 2 aliphatic rings. The summed E-state index contributed by atoms with van der Waals surface area (Å²) in [5.74, 6) is 3.38. The zero-order valence-electron chi connectivity index (χ0n) is 21.4. The van der Waals surface area contributed by atoms with Crippen LogP contribution in [0.25, 0.3) is 0 Å². The fraction of sp³-hybridized carbons (Fsp3) is 0.800. The first kappa shape index (κ1) is 25.5. The minimum atomic E-state index is 0.260. The molecule has 0 bridgehead atoms. The third kappa shape index (κ3) is 8.05. The Bertz CT molecular complexity index is 576. The van der Waals surface area contributed by atoms with Crippen molar-refractivity contribution in [3.63, 3.8) is 0 Å². The van der Waals surface area contributed by atoms with Crippen LogP contribution in [0.1, 0.15) is 125 Å². The Labute approximate surface area is 189 Å². The van der Waals surface area contributed by atoms with Crippen molar-refractivity contribution < 1.29 is 0 Å². The van der Waals surface area contributed by atoms with Gasteiger partial charge in [0.2, 0.25) is 0 Å². The van der Waals surface area contributed by atoms with Gasteiger partial charge in [0.05, 0.1) is 0 Å². The molecule has 0 aromatic heterocycles. The summed E-state index contributed by atoms with van der Waals surface area (Å²) < 4.78 is 0. The lowest BCUT2D eigenvalue weighted by molar-refractivity contribution is 0.219. The molecule has 3 unspecified atom stereocenters. The van der Waals surface area contributed by atoms with E-state index in [0.29, 0.717) is 5.92 Å². The summed E-state index contributed by atoms with van der Waals surface area (Å²) >= 11 is 0. The molecule has 0 amide bonds. The molecule has 0 heterocycles. The lowest BCUT2D eigenvalue weighted by Crippen LogP contribution is -2.24. The second-order valence-corrected chi connectivity index (χ2v) is 11.7. The average Bonchev–Trinajstić information content (AvgIpc) is 2.72. The van der Waals surface area contributed by atoms with E-state index in [1.165, 1.54) is 77.0 Å². The second-order valence-electron chi connectivity index (χ2n) is 11.7. The summed E-state index contributed by atoms with van der Waals surface area (Å²) in [5.41, 5.74) is 4.96. The summed E-state index contributed by atoms with van der Waals surface area (Å²) in [6, 6.07) is 0. The first-order valence-electron chi connectivity index (χ1n) is 13.3. The van der Waals surface area contributed by atoms with E-state index in [4.69, 9.17) is 6.58 Å². The maximum Gasteiger partial charge on any atom is -0.0137 e. The highest BCUT2D eigenvalue weighted by Crippen LogP contribution is 2.42. The predicted molar refractivity (Wildman–Crippen MR) is 136 cm³/mol. The third-order valence-corrected chi connectivity index (χ3v) is 8.20. The molecule has 0 radical (unpaired) electrons. The predicted octanol–water partition coefficient (Wildman–Crippen LogP) is 10.1. The minimum Gasteiger partial charge on any atom is -0.0996 e. The van der Waals surface area contributed by atoms with E-state index in [2.05, 4.69) is 53.7 Å². The van der Waals surface area contributed by atoms with Crippen molar-refractivity contribution in [2.24, 2.45) is 29.1 Å². The smallest absolute Gasteiger partial charge is 0.0137 e. The Kier molecular flexibility index (Phi) is 10.5. The highest BCUT2D eigenvalue weighted by atomic mass is 14.3. The molecular formula is C30H52. The maximum absolute atomic E-state index is 4.73. The molecule has 0 spiro atoms. The number of rotatable bonds is 9. The van der Waals surface area contributed by atoms with Crippen LogP contribution in [-0.4, -0.2) is 0 Å². The van der Waals surface area contributed by atoms with Crippen LogP contribution in [0.2, 0.25) is 0 Å². The van der Waals surface area contributed by atoms with Gasteiger partial charge in [-0.25, -0.2) is 0 Å². The molecule has 2 rings (SSSR count). The van der Waals surface area contributed by atoms with Gasteiger partial charge in [-0.15, -0.1) is 0 Å². The summed E-state index contributed by atoms with van der Waals surface area (Å²) in [6.45, 7) is 18.8. The quantitative estimate of drug-likeness (QED) is 0.261. The van der Waals surface area contributed by atoms with E-state index < -0.39 is 0 Å². The van der Waals surface area contributed by atoms with Crippen LogP contribution < -0.4 is 0 Å². The normalized spacial score (nSPS) is 25.9. The van der Waals surface area contributed by atoms with Gasteiger partial charge in [0.1, 0.15) is 0 Å². The number of allylic oxidation sites excluding steroid dienone is 5. The topological polar surface area (TPSA) is 0 Å². The van der Waals surface area contributed by atoms with Gasteiger partial charge < -0.3 is 0 Å². The SMILES string of the molecule is C=C(CCC1CCCCC1)C(CC(=C/C)/C=C(\CC)C(C)(C)C)C1CCCC(C)C1. The van der Waals surface area contributed by atoms with Crippen molar-refractivity contribution in [1.82, 2.24) is 0 Å². The molecule has 0 saturated heterocycles. The minimum absolute atomic E-state index is 0.260. The van der Waals surface area contributed by atoms with Gasteiger partial charge in [0.15, 0.2) is 0 Å². The Morgan fingerprint density at radius 3 is 2.30 bits per heavy atom. The van der Waals surface area contributed by atoms with Crippen molar-refractivity contribution in [2.45, 2.75) is 125 Å². The Balaban J connectivity index is 2.13. The number of hydrogen-bond donors (Lipinski definition) is 0. The van der Waals surface area contributed by atoms with Gasteiger partial charge in [-0.3, -0.25) is 0 Å². The van der Waals surface area contributed by atoms with E-state index in [1.807, 2.05) is 0 Å². The van der Waals surface area contributed by atoms with E-state index in [1.54, 1.807) is 16.7 Å². The molecule has 0 aromatic rings. The van der Waals surface area contributed by atoms with Gasteiger partial charge in [0, 0.05) is 0 Å². The lowest BCUT2D eigenvalue weighted by Gasteiger charge is -2.36. The van der Waals surface area contributed by atoms with Gasteiger partial charge in [0.25, 0.3) is 0 Å². The standard InChI is InChI=1S/C30H52/c1-8-25(21-28(9-2)30(5,6)7)22-29(27-17-13-14-23(3)20-27)24(4)18-19-26-15-11-10-12-16-26/h8,21,23,26-27,29H,4,9-20,22H2,1-3,5-7H3/b25-8+,28-21+. The maximum atomic E-state index is 4.73. The summed E-state index contributed by atoms with van der Waals surface area (Å²) in [4.78, 5) is 0. The van der Waals surface area contributed by atoms with Crippen LogP contribution in [0.5, 0.6) is 0 Å². The van der Waals surface area contributed by atoms with Crippen LogP contribution in [0, 0.1) is 29.1 Å². The second kappa shape index (κ2) is 12.3.